The molecular formula is C22H31ClN6O5S. The van der Waals surface area contributed by atoms with E-state index < -0.39 is 11.9 Å². The number of amides is 2. The summed E-state index contributed by atoms with van der Waals surface area (Å²) < 4.78 is 11.2. The number of esters is 1. The van der Waals surface area contributed by atoms with E-state index in [9.17, 15) is 14.4 Å². The zero-order valence-electron chi connectivity index (χ0n) is 20.3. The molecule has 0 radical (unpaired) electrons. The van der Waals surface area contributed by atoms with Crippen LogP contribution in [0.15, 0.2) is 0 Å². The Morgan fingerprint density at radius 1 is 1.23 bits per heavy atom. The molecule has 2 amide bonds. The Morgan fingerprint density at radius 3 is 2.63 bits per heavy atom. The number of carbonyl (C=O) groups excluding carboxylic acids is 3. The average Bonchev–Trinajstić information content (AvgIpc) is 3.47. The molecule has 3 rings (SSSR count). The third kappa shape index (κ3) is 6.30. The highest BCUT2D eigenvalue weighted by Gasteiger charge is 2.35. The summed E-state index contributed by atoms with van der Waals surface area (Å²) in [5, 5.41) is 6.34. The maximum absolute atomic E-state index is 12.8. The van der Waals surface area contributed by atoms with Crippen molar-refractivity contribution in [2.75, 3.05) is 38.3 Å². The van der Waals surface area contributed by atoms with Crippen molar-refractivity contribution in [1.29, 1.82) is 0 Å². The van der Waals surface area contributed by atoms with E-state index in [-0.39, 0.29) is 41.1 Å². The number of imidazole rings is 1. The van der Waals surface area contributed by atoms with Crippen molar-refractivity contribution in [2.45, 2.75) is 52.2 Å². The first-order chi connectivity index (χ1) is 16.8. The van der Waals surface area contributed by atoms with Gasteiger partial charge in [0.15, 0.2) is 21.8 Å². The average molecular weight is 527 g/mol. The number of aromatic nitrogens is 3. The number of hydrogen-bond acceptors (Lipinski definition) is 9. The van der Waals surface area contributed by atoms with Crippen LogP contribution in [-0.4, -0.2) is 78.2 Å². The number of rotatable bonds is 10. The number of H-pyrrole nitrogens is 1. The highest BCUT2D eigenvalue weighted by molar-refractivity contribution is 7.17. The number of ether oxygens (including phenoxy) is 2. The molecule has 2 unspecified atom stereocenters. The predicted octanol–water partition coefficient (Wildman–Crippen LogP) is 2.42. The number of nitrogens with zero attached hydrogens (tertiary/aromatic N) is 3. The summed E-state index contributed by atoms with van der Waals surface area (Å²) in [5.74, 6) is -1.23. The SMILES string of the molecule is CCCOC1CN(c2nc(C(=O)NC)c(C(=O)OCC)s2)CCC1NC(=O)c1nc(Cl)c(CC)[nH]1. The van der Waals surface area contributed by atoms with E-state index in [0.29, 0.717) is 48.5 Å². The van der Waals surface area contributed by atoms with Crippen LogP contribution in [0.25, 0.3) is 0 Å². The maximum Gasteiger partial charge on any atom is 0.350 e. The molecule has 35 heavy (non-hydrogen) atoms. The van der Waals surface area contributed by atoms with Crippen LogP contribution in [0, 0.1) is 0 Å². The molecular weight excluding hydrogens is 496 g/mol. The molecule has 13 heteroatoms. The predicted molar refractivity (Wildman–Crippen MR) is 133 cm³/mol. The Hall–Kier alpha value is -2.70. The van der Waals surface area contributed by atoms with Crippen LogP contribution < -0.4 is 15.5 Å². The molecule has 0 spiro atoms. The van der Waals surface area contributed by atoms with Crippen molar-refractivity contribution in [3.8, 4) is 0 Å². The quantitative estimate of drug-likeness (QED) is 0.401. The van der Waals surface area contributed by atoms with E-state index in [1.165, 1.54) is 7.05 Å². The zero-order chi connectivity index (χ0) is 25.5. The first-order valence-corrected chi connectivity index (χ1v) is 12.8. The molecule has 1 fully saturated rings. The fraction of sp³-hybridized carbons (Fsp3) is 0.591. The molecule has 1 aliphatic heterocycles. The van der Waals surface area contributed by atoms with Gasteiger partial charge in [0.05, 0.1) is 24.4 Å². The lowest BCUT2D eigenvalue weighted by molar-refractivity contribution is 0.0204. The lowest BCUT2D eigenvalue weighted by Crippen LogP contribution is -2.55. The van der Waals surface area contributed by atoms with Crippen LogP contribution in [0.1, 0.15) is 70.1 Å². The van der Waals surface area contributed by atoms with Crippen LogP contribution in [0.2, 0.25) is 5.15 Å². The smallest absolute Gasteiger partial charge is 0.350 e. The Bertz CT molecular complexity index is 1060. The van der Waals surface area contributed by atoms with Crippen molar-refractivity contribution >= 4 is 45.9 Å². The van der Waals surface area contributed by atoms with Gasteiger partial charge in [-0.2, -0.15) is 0 Å². The van der Waals surface area contributed by atoms with Gasteiger partial charge < -0.3 is 30.0 Å². The van der Waals surface area contributed by atoms with Gasteiger partial charge in [0, 0.05) is 26.7 Å². The van der Waals surface area contributed by atoms with Crippen LogP contribution in [0.4, 0.5) is 5.13 Å². The summed E-state index contributed by atoms with van der Waals surface area (Å²) in [6.45, 7) is 7.31. The lowest BCUT2D eigenvalue weighted by atomic mass is 10.0. The number of aryl methyl sites for hydroxylation is 1. The first kappa shape index (κ1) is 26.9. The van der Waals surface area contributed by atoms with E-state index in [4.69, 9.17) is 21.1 Å². The second-order valence-electron chi connectivity index (χ2n) is 7.91. The molecule has 0 aromatic carbocycles. The second-order valence-corrected chi connectivity index (χ2v) is 9.24. The van der Waals surface area contributed by atoms with Crippen molar-refractivity contribution in [3.63, 3.8) is 0 Å². The minimum atomic E-state index is -0.584. The molecule has 0 aliphatic carbocycles. The molecule has 0 saturated carbocycles. The van der Waals surface area contributed by atoms with Crippen molar-refractivity contribution < 1.29 is 23.9 Å². The topological polar surface area (TPSA) is 139 Å². The van der Waals surface area contributed by atoms with E-state index in [1.54, 1.807) is 6.92 Å². The molecule has 2 aromatic heterocycles. The molecule has 3 N–H and O–H groups in total. The first-order valence-electron chi connectivity index (χ1n) is 11.6. The van der Waals surface area contributed by atoms with Crippen LogP contribution in [0.5, 0.6) is 0 Å². The molecule has 3 heterocycles. The fourth-order valence-electron chi connectivity index (χ4n) is 3.71. The Morgan fingerprint density at radius 2 is 2.00 bits per heavy atom. The highest BCUT2D eigenvalue weighted by Crippen LogP contribution is 2.30. The monoisotopic (exact) mass is 526 g/mol. The van der Waals surface area contributed by atoms with Gasteiger partial charge >= 0.3 is 5.97 Å². The maximum atomic E-state index is 12.8. The van der Waals surface area contributed by atoms with E-state index in [1.807, 2.05) is 18.7 Å². The van der Waals surface area contributed by atoms with Crippen LogP contribution in [0.3, 0.4) is 0 Å². The standard InChI is InChI=1S/C22H31ClN6O5S/c1-5-10-34-14-11-29(22-27-15(19(30)24-4)16(35-22)21(32)33-7-3)9-8-13(14)26-20(31)18-25-12(6-2)17(23)28-18/h13-14H,5-11H2,1-4H3,(H,24,30)(H,25,28)(H,26,31). The van der Waals surface area contributed by atoms with Gasteiger partial charge in [0.2, 0.25) is 0 Å². The zero-order valence-corrected chi connectivity index (χ0v) is 21.8. The van der Waals surface area contributed by atoms with Crippen molar-refractivity contribution in [3.05, 3.63) is 27.2 Å². The number of hydrogen-bond donors (Lipinski definition) is 3. The summed E-state index contributed by atoms with van der Waals surface area (Å²) in [7, 11) is 1.48. The van der Waals surface area contributed by atoms with Gasteiger partial charge in [0.1, 0.15) is 4.88 Å². The largest absolute Gasteiger partial charge is 0.462 e. The number of piperidine rings is 1. The minimum Gasteiger partial charge on any atom is -0.462 e. The lowest BCUT2D eigenvalue weighted by Gasteiger charge is -2.38. The number of nitrogens with one attached hydrogen (secondary N) is 3. The van der Waals surface area contributed by atoms with Gasteiger partial charge in [-0.1, -0.05) is 36.8 Å². The molecule has 1 saturated heterocycles. The molecule has 192 valence electrons. The van der Waals surface area contributed by atoms with Gasteiger partial charge in [-0.25, -0.2) is 14.8 Å². The summed E-state index contributed by atoms with van der Waals surface area (Å²) in [6, 6.07) is -0.262. The van der Waals surface area contributed by atoms with Gasteiger partial charge in [0.25, 0.3) is 11.8 Å². The van der Waals surface area contributed by atoms with E-state index in [2.05, 4.69) is 25.6 Å². The molecule has 2 aromatic rings. The number of thiazole rings is 1. The Labute approximate surface area is 212 Å². The minimum absolute atomic E-state index is 0.0360. The number of aromatic amines is 1. The van der Waals surface area contributed by atoms with Crippen molar-refractivity contribution in [1.82, 2.24) is 25.6 Å². The third-order valence-electron chi connectivity index (χ3n) is 5.50. The number of halogens is 1. The summed E-state index contributed by atoms with van der Waals surface area (Å²) in [6.07, 6.45) is 1.69. The van der Waals surface area contributed by atoms with Gasteiger partial charge in [-0.05, 0) is 26.2 Å². The fourth-order valence-corrected chi connectivity index (χ4v) is 4.97. The number of anilines is 1. The highest BCUT2D eigenvalue weighted by atomic mass is 35.5. The molecule has 11 nitrogen and oxygen atoms in total. The Balaban J connectivity index is 1.78. The second kappa shape index (κ2) is 12.3. The Kier molecular flexibility index (Phi) is 9.47. The van der Waals surface area contributed by atoms with Crippen LogP contribution >= 0.6 is 22.9 Å². The van der Waals surface area contributed by atoms with E-state index in [0.717, 1.165) is 17.8 Å². The molecule has 1 aliphatic rings. The summed E-state index contributed by atoms with van der Waals surface area (Å²) in [4.78, 5) is 51.2. The van der Waals surface area contributed by atoms with E-state index >= 15 is 0 Å². The number of carbonyl (C=O) groups is 3. The van der Waals surface area contributed by atoms with Gasteiger partial charge in [-0.3, -0.25) is 9.59 Å². The van der Waals surface area contributed by atoms with Crippen LogP contribution in [-0.2, 0) is 15.9 Å². The van der Waals surface area contributed by atoms with Gasteiger partial charge in [-0.15, -0.1) is 0 Å². The third-order valence-corrected chi connectivity index (χ3v) is 6.91. The summed E-state index contributed by atoms with van der Waals surface area (Å²) in [5.41, 5.74) is 0.743. The van der Waals surface area contributed by atoms with Crippen molar-refractivity contribution in [2.24, 2.45) is 0 Å². The molecule has 2 atom stereocenters. The molecule has 0 bridgehead atoms. The normalized spacial score (nSPS) is 17.8. The summed E-state index contributed by atoms with van der Waals surface area (Å²) >= 11 is 7.19.